The van der Waals surface area contributed by atoms with Crippen LogP contribution in [-0.4, -0.2) is 30.0 Å². The molecule has 2 N–H and O–H groups in total. The lowest BCUT2D eigenvalue weighted by Gasteiger charge is -2.47. The summed E-state index contributed by atoms with van der Waals surface area (Å²) in [6.07, 6.45) is 5.68. The van der Waals surface area contributed by atoms with Gasteiger partial charge >= 0.3 is 0 Å². The second-order valence-corrected chi connectivity index (χ2v) is 6.92. The molecule has 1 aromatic carbocycles. The summed E-state index contributed by atoms with van der Waals surface area (Å²) in [6, 6.07) is 5.97. The number of nitrogens with zero attached hydrogens (tertiary/aromatic N) is 1. The number of rotatable bonds is 4. The summed E-state index contributed by atoms with van der Waals surface area (Å²) in [7, 11) is 0. The van der Waals surface area contributed by atoms with Crippen LogP contribution in [0, 0.1) is 12.3 Å². The Hall–Kier alpha value is -1.88. The predicted octanol–water partition coefficient (Wildman–Crippen LogP) is 2.33. The number of carbonyl (C=O) groups is 1. The van der Waals surface area contributed by atoms with E-state index in [-0.39, 0.29) is 17.4 Å². The third-order valence-corrected chi connectivity index (χ3v) is 5.44. The number of amides is 1. The fraction of sp³-hybridized carbons (Fsp3) is 0.556. The molecule has 5 heteroatoms. The Morgan fingerprint density at radius 1 is 1.43 bits per heavy atom. The van der Waals surface area contributed by atoms with Crippen molar-refractivity contribution in [3.63, 3.8) is 0 Å². The molecule has 5 nitrogen and oxygen atoms in total. The average molecular weight is 313 g/mol. The van der Waals surface area contributed by atoms with E-state index >= 15 is 0 Å². The van der Waals surface area contributed by atoms with Gasteiger partial charge in [0.15, 0.2) is 11.5 Å². The van der Waals surface area contributed by atoms with Gasteiger partial charge in [0.2, 0.25) is 5.91 Å². The number of benzene rings is 1. The first-order valence-corrected chi connectivity index (χ1v) is 8.54. The molecule has 1 aliphatic carbocycles. The first-order chi connectivity index (χ1) is 11.2. The number of aromatic nitrogens is 1. The van der Waals surface area contributed by atoms with E-state index in [9.17, 15) is 4.79 Å². The van der Waals surface area contributed by atoms with Gasteiger partial charge in [0, 0.05) is 25.4 Å². The van der Waals surface area contributed by atoms with Crippen molar-refractivity contribution in [2.75, 3.05) is 13.1 Å². The first-order valence-electron chi connectivity index (χ1n) is 8.54. The molecule has 0 bridgehead atoms. The highest BCUT2D eigenvalue weighted by atomic mass is 16.3. The fourth-order valence-corrected chi connectivity index (χ4v) is 4.15. The second-order valence-electron chi connectivity index (χ2n) is 6.92. The monoisotopic (exact) mass is 313 g/mol. The topological polar surface area (TPSA) is 67.2 Å². The molecule has 2 aromatic rings. The maximum Gasteiger partial charge on any atom is 0.237 e. The van der Waals surface area contributed by atoms with E-state index in [0.717, 1.165) is 29.6 Å². The molecular weight excluding hydrogens is 290 g/mol. The number of hydrogen-bond acceptors (Lipinski definition) is 4. The Balaban J connectivity index is 1.37. The zero-order valence-electron chi connectivity index (χ0n) is 13.5. The minimum atomic E-state index is 0.00934. The van der Waals surface area contributed by atoms with Gasteiger partial charge in [-0.1, -0.05) is 25.0 Å². The molecule has 1 spiro atoms. The predicted molar refractivity (Wildman–Crippen MR) is 88.2 cm³/mol. The van der Waals surface area contributed by atoms with Crippen molar-refractivity contribution in [3.05, 3.63) is 29.7 Å². The lowest BCUT2D eigenvalue weighted by Crippen LogP contribution is -2.67. The van der Waals surface area contributed by atoms with Gasteiger partial charge in [-0.3, -0.25) is 4.79 Å². The van der Waals surface area contributed by atoms with E-state index in [1.807, 2.05) is 19.1 Å². The van der Waals surface area contributed by atoms with Gasteiger partial charge in [-0.05, 0) is 30.9 Å². The van der Waals surface area contributed by atoms with Crippen molar-refractivity contribution in [2.45, 2.75) is 45.1 Å². The third kappa shape index (κ3) is 2.53. The lowest BCUT2D eigenvalue weighted by atomic mass is 9.71. The molecule has 1 saturated heterocycles. The number of aryl methyl sites for hydroxylation is 1. The Labute approximate surface area is 135 Å². The number of oxazole rings is 1. The molecule has 2 heterocycles. The molecule has 4 rings (SSSR count). The Morgan fingerprint density at radius 3 is 3.00 bits per heavy atom. The quantitative estimate of drug-likeness (QED) is 0.909. The highest BCUT2D eigenvalue weighted by molar-refractivity contribution is 5.84. The van der Waals surface area contributed by atoms with E-state index in [1.165, 1.54) is 25.7 Å². The molecule has 23 heavy (non-hydrogen) atoms. The van der Waals surface area contributed by atoms with E-state index in [4.69, 9.17) is 4.42 Å². The van der Waals surface area contributed by atoms with E-state index in [0.29, 0.717) is 12.4 Å². The molecule has 2 aliphatic rings. The van der Waals surface area contributed by atoms with Crippen LogP contribution >= 0.6 is 0 Å². The van der Waals surface area contributed by atoms with Crippen molar-refractivity contribution >= 4 is 17.0 Å². The lowest BCUT2D eigenvalue weighted by molar-refractivity contribution is -0.130. The SMILES string of the molecule is Cc1nc2c(CCNC(=O)C3NCC34CCCC4)cccc2o1. The van der Waals surface area contributed by atoms with Crippen LogP contribution in [-0.2, 0) is 11.2 Å². The van der Waals surface area contributed by atoms with Crippen molar-refractivity contribution in [1.82, 2.24) is 15.6 Å². The van der Waals surface area contributed by atoms with Crippen LogP contribution in [0.4, 0.5) is 0 Å². The third-order valence-electron chi connectivity index (χ3n) is 5.44. The normalized spacial score (nSPS) is 22.4. The van der Waals surface area contributed by atoms with Crippen molar-refractivity contribution in [1.29, 1.82) is 0 Å². The molecule has 1 amide bonds. The molecular formula is C18H23N3O2. The van der Waals surface area contributed by atoms with Crippen LogP contribution in [0.15, 0.2) is 22.6 Å². The summed E-state index contributed by atoms with van der Waals surface area (Å²) >= 11 is 0. The summed E-state index contributed by atoms with van der Waals surface area (Å²) in [4.78, 5) is 16.9. The minimum absolute atomic E-state index is 0.00934. The van der Waals surface area contributed by atoms with Crippen molar-refractivity contribution in [3.8, 4) is 0 Å². The molecule has 1 saturated carbocycles. The molecule has 122 valence electrons. The van der Waals surface area contributed by atoms with E-state index in [2.05, 4.69) is 21.7 Å². The van der Waals surface area contributed by atoms with Crippen LogP contribution in [0.25, 0.3) is 11.1 Å². The minimum Gasteiger partial charge on any atom is -0.441 e. The Morgan fingerprint density at radius 2 is 2.26 bits per heavy atom. The molecule has 1 atom stereocenters. The Bertz CT molecular complexity index is 731. The number of hydrogen-bond donors (Lipinski definition) is 2. The highest BCUT2D eigenvalue weighted by Gasteiger charge is 2.51. The maximum absolute atomic E-state index is 12.4. The van der Waals surface area contributed by atoms with Gasteiger partial charge in [-0.25, -0.2) is 4.98 Å². The number of nitrogens with one attached hydrogen (secondary N) is 2. The summed E-state index contributed by atoms with van der Waals surface area (Å²) < 4.78 is 5.56. The van der Waals surface area contributed by atoms with Gasteiger partial charge in [0.25, 0.3) is 0 Å². The fourth-order valence-electron chi connectivity index (χ4n) is 4.15. The standard InChI is InChI=1S/C18H23N3O2/c1-12-21-15-13(5-4-6-14(15)23-12)7-10-19-17(22)16-18(11-20-16)8-2-3-9-18/h4-6,16,20H,2-3,7-11H2,1H3,(H,19,22). The van der Waals surface area contributed by atoms with Gasteiger partial charge in [-0.15, -0.1) is 0 Å². The molecule has 1 aliphatic heterocycles. The number of carbonyl (C=O) groups excluding carboxylic acids is 1. The van der Waals surface area contributed by atoms with Crippen LogP contribution in [0.5, 0.6) is 0 Å². The van der Waals surface area contributed by atoms with E-state index in [1.54, 1.807) is 0 Å². The average Bonchev–Trinajstić information content (AvgIpc) is 3.13. The van der Waals surface area contributed by atoms with Crippen LogP contribution in [0.3, 0.4) is 0 Å². The van der Waals surface area contributed by atoms with Crippen LogP contribution in [0.2, 0.25) is 0 Å². The second kappa shape index (κ2) is 5.64. The van der Waals surface area contributed by atoms with Crippen molar-refractivity contribution < 1.29 is 9.21 Å². The van der Waals surface area contributed by atoms with E-state index < -0.39 is 0 Å². The smallest absolute Gasteiger partial charge is 0.237 e. The summed E-state index contributed by atoms with van der Waals surface area (Å²) in [5.41, 5.74) is 3.09. The largest absolute Gasteiger partial charge is 0.441 e. The van der Waals surface area contributed by atoms with Crippen molar-refractivity contribution in [2.24, 2.45) is 5.41 Å². The van der Waals surface area contributed by atoms with Gasteiger partial charge in [-0.2, -0.15) is 0 Å². The van der Waals surface area contributed by atoms with Crippen LogP contribution < -0.4 is 10.6 Å². The van der Waals surface area contributed by atoms with Gasteiger partial charge < -0.3 is 15.1 Å². The Kier molecular flexibility index (Phi) is 3.60. The zero-order valence-corrected chi connectivity index (χ0v) is 13.5. The molecule has 1 aromatic heterocycles. The number of para-hydroxylation sites is 1. The summed E-state index contributed by atoms with van der Waals surface area (Å²) in [5.74, 6) is 0.833. The summed E-state index contributed by atoms with van der Waals surface area (Å²) in [5, 5.41) is 6.42. The van der Waals surface area contributed by atoms with Gasteiger partial charge in [0.05, 0.1) is 6.04 Å². The van der Waals surface area contributed by atoms with Gasteiger partial charge in [0.1, 0.15) is 5.52 Å². The molecule has 2 fully saturated rings. The first kappa shape index (κ1) is 14.7. The molecule has 1 unspecified atom stereocenters. The highest BCUT2D eigenvalue weighted by Crippen LogP contribution is 2.45. The summed E-state index contributed by atoms with van der Waals surface area (Å²) in [6.45, 7) is 3.50. The molecule has 0 radical (unpaired) electrons. The number of fused-ring (bicyclic) bond motifs is 1. The maximum atomic E-state index is 12.4. The van der Waals surface area contributed by atoms with Crippen LogP contribution in [0.1, 0.15) is 37.1 Å². The zero-order chi connectivity index (χ0) is 15.9.